The lowest BCUT2D eigenvalue weighted by atomic mass is 9.78. The summed E-state index contributed by atoms with van der Waals surface area (Å²) >= 11 is 0. The summed E-state index contributed by atoms with van der Waals surface area (Å²) < 4.78 is 0. The fourth-order valence-electron chi connectivity index (χ4n) is 3.61. The zero-order valence-corrected chi connectivity index (χ0v) is 16.3. The van der Waals surface area contributed by atoms with E-state index in [1.165, 1.54) is 11.1 Å². The van der Waals surface area contributed by atoms with Gasteiger partial charge in [0.25, 0.3) is 0 Å². The van der Waals surface area contributed by atoms with E-state index in [1.807, 2.05) is 6.07 Å². The predicted molar refractivity (Wildman–Crippen MR) is 105 cm³/mol. The van der Waals surface area contributed by atoms with Crippen LogP contribution in [-0.4, -0.2) is 11.1 Å². The van der Waals surface area contributed by atoms with Crippen LogP contribution in [0.15, 0.2) is 42.5 Å². The molecular formula is C23H30O2. The van der Waals surface area contributed by atoms with Gasteiger partial charge in [-0.1, -0.05) is 77.9 Å². The SMILES string of the molecule is CC(C)(C)c1ccccc1CCc1cccc(C(=O)O)c1C(C)(C)C. The van der Waals surface area contributed by atoms with E-state index in [0.29, 0.717) is 5.56 Å². The highest BCUT2D eigenvalue weighted by Crippen LogP contribution is 2.32. The van der Waals surface area contributed by atoms with E-state index in [4.69, 9.17) is 0 Å². The van der Waals surface area contributed by atoms with Crippen molar-refractivity contribution in [3.8, 4) is 0 Å². The van der Waals surface area contributed by atoms with Crippen LogP contribution in [0.1, 0.15) is 74.2 Å². The van der Waals surface area contributed by atoms with Gasteiger partial charge >= 0.3 is 5.97 Å². The quantitative estimate of drug-likeness (QED) is 0.769. The molecule has 25 heavy (non-hydrogen) atoms. The number of aryl methyl sites for hydroxylation is 2. The van der Waals surface area contributed by atoms with Crippen LogP contribution >= 0.6 is 0 Å². The summed E-state index contributed by atoms with van der Waals surface area (Å²) in [5.74, 6) is -0.845. The lowest BCUT2D eigenvalue weighted by Crippen LogP contribution is -2.20. The first-order valence-corrected chi connectivity index (χ1v) is 8.96. The first kappa shape index (κ1) is 19.2. The number of hydrogen-bond donors (Lipinski definition) is 1. The number of carboxylic acid groups (broad SMARTS) is 1. The monoisotopic (exact) mass is 338 g/mol. The second-order valence-corrected chi connectivity index (χ2v) is 8.80. The fourth-order valence-corrected chi connectivity index (χ4v) is 3.61. The first-order chi connectivity index (χ1) is 11.5. The van der Waals surface area contributed by atoms with Gasteiger partial charge in [0.05, 0.1) is 5.56 Å². The third-order valence-corrected chi connectivity index (χ3v) is 4.62. The summed E-state index contributed by atoms with van der Waals surface area (Å²) in [5, 5.41) is 9.59. The number of carbonyl (C=O) groups is 1. The molecule has 2 nitrogen and oxygen atoms in total. The molecule has 0 bridgehead atoms. The van der Waals surface area contributed by atoms with Crippen LogP contribution in [0.25, 0.3) is 0 Å². The average Bonchev–Trinajstić information content (AvgIpc) is 2.51. The molecule has 2 aromatic rings. The van der Waals surface area contributed by atoms with Crippen molar-refractivity contribution in [1.29, 1.82) is 0 Å². The van der Waals surface area contributed by atoms with Crippen LogP contribution in [0.2, 0.25) is 0 Å². The summed E-state index contributed by atoms with van der Waals surface area (Å²) in [4.78, 5) is 11.7. The molecule has 0 saturated heterocycles. The van der Waals surface area contributed by atoms with E-state index in [9.17, 15) is 9.90 Å². The highest BCUT2D eigenvalue weighted by atomic mass is 16.4. The smallest absolute Gasteiger partial charge is 0.335 e. The van der Waals surface area contributed by atoms with Gasteiger partial charge in [0, 0.05) is 0 Å². The van der Waals surface area contributed by atoms with Crippen LogP contribution in [-0.2, 0) is 23.7 Å². The van der Waals surface area contributed by atoms with Crippen LogP contribution in [0, 0.1) is 0 Å². The second kappa shape index (κ2) is 7.03. The first-order valence-electron chi connectivity index (χ1n) is 8.96. The third-order valence-electron chi connectivity index (χ3n) is 4.62. The summed E-state index contributed by atoms with van der Waals surface area (Å²) in [7, 11) is 0. The Morgan fingerprint density at radius 2 is 1.36 bits per heavy atom. The minimum absolute atomic E-state index is 0.104. The zero-order valence-electron chi connectivity index (χ0n) is 16.3. The lowest BCUT2D eigenvalue weighted by molar-refractivity contribution is 0.0694. The molecular weight excluding hydrogens is 308 g/mol. The second-order valence-electron chi connectivity index (χ2n) is 8.80. The van der Waals surface area contributed by atoms with Crippen molar-refractivity contribution in [2.75, 3.05) is 0 Å². The molecule has 0 aliphatic rings. The van der Waals surface area contributed by atoms with Crippen molar-refractivity contribution in [2.24, 2.45) is 0 Å². The van der Waals surface area contributed by atoms with Gasteiger partial charge in [-0.25, -0.2) is 4.79 Å². The van der Waals surface area contributed by atoms with Gasteiger partial charge in [0.1, 0.15) is 0 Å². The van der Waals surface area contributed by atoms with E-state index in [1.54, 1.807) is 6.07 Å². The van der Waals surface area contributed by atoms with E-state index >= 15 is 0 Å². The minimum atomic E-state index is -0.845. The van der Waals surface area contributed by atoms with E-state index in [0.717, 1.165) is 24.0 Å². The van der Waals surface area contributed by atoms with Crippen molar-refractivity contribution in [2.45, 2.75) is 65.2 Å². The molecule has 1 N–H and O–H groups in total. The molecule has 2 aromatic carbocycles. The standard InChI is InChI=1S/C23H30O2/c1-22(2,3)19-13-8-7-10-16(19)14-15-17-11-9-12-18(21(24)25)20(17)23(4,5)6/h7-13H,14-15H2,1-6H3,(H,24,25). The summed E-state index contributed by atoms with van der Waals surface area (Å²) in [6, 6.07) is 14.2. The Kier molecular flexibility index (Phi) is 5.41. The molecule has 2 heteroatoms. The van der Waals surface area contributed by atoms with Gasteiger partial charge in [0.2, 0.25) is 0 Å². The fraction of sp³-hybridized carbons (Fsp3) is 0.435. The number of benzene rings is 2. The molecule has 0 saturated carbocycles. The van der Waals surface area contributed by atoms with E-state index in [-0.39, 0.29) is 10.8 Å². The maximum absolute atomic E-state index is 11.7. The van der Waals surface area contributed by atoms with Crippen LogP contribution in [0.3, 0.4) is 0 Å². The van der Waals surface area contributed by atoms with Gasteiger partial charge in [-0.2, -0.15) is 0 Å². The topological polar surface area (TPSA) is 37.3 Å². The Balaban J connectivity index is 2.41. The van der Waals surface area contributed by atoms with Crippen molar-refractivity contribution >= 4 is 5.97 Å². The van der Waals surface area contributed by atoms with Gasteiger partial charge in [-0.05, 0) is 52.0 Å². The number of aromatic carboxylic acids is 1. The maximum atomic E-state index is 11.7. The normalized spacial score (nSPS) is 12.2. The van der Waals surface area contributed by atoms with E-state index in [2.05, 4.69) is 71.9 Å². The Morgan fingerprint density at radius 3 is 1.92 bits per heavy atom. The summed E-state index contributed by atoms with van der Waals surface area (Å²) in [6.07, 6.45) is 1.76. The lowest BCUT2D eigenvalue weighted by Gasteiger charge is -2.26. The Labute approximate surface area is 151 Å². The number of rotatable bonds is 4. The number of carboxylic acids is 1. The molecule has 0 amide bonds. The van der Waals surface area contributed by atoms with Gasteiger partial charge in [0.15, 0.2) is 0 Å². The molecule has 2 rings (SSSR count). The average molecular weight is 338 g/mol. The van der Waals surface area contributed by atoms with Crippen molar-refractivity contribution in [1.82, 2.24) is 0 Å². The van der Waals surface area contributed by atoms with Crippen molar-refractivity contribution in [3.05, 3.63) is 70.3 Å². The molecule has 0 aliphatic carbocycles. The Bertz CT molecular complexity index is 758. The highest BCUT2D eigenvalue weighted by molar-refractivity contribution is 5.90. The molecule has 0 atom stereocenters. The Morgan fingerprint density at radius 1 is 0.800 bits per heavy atom. The zero-order chi connectivity index (χ0) is 18.8. The van der Waals surface area contributed by atoms with Gasteiger partial charge < -0.3 is 5.11 Å². The van der Waals surface area contributed by atoms with Crippen molar-refractivity contribution < 1.29 is 9.90 Å². The molecule has 0 heterocycles. The predicted octanol–water partition coefficient (Wildman–Crippen LogP) is 5.77. The number of hydrogen-bond acceptors (Lipinski definition) is 1. The molecule has 0 radical (unpaired) electrons. The Hall–Kier alpha value is -2.09. The van der Waals surface area contributed by atoms with Crippen molar-refractivity contribution in [3.63, 3.8) is 0 Å². The minimum Gasteiger partial charge on any atom is -0.478 e. The largest absolute Gasteiger partial charge is 0.478 e. The van der Waals surface area contributed by atoms with Crippen LogP contribution in [0.4, 0.5) is 0 Å². The molecule has 0 fully saturated rings. The van der Waals surface area contributed by atoms with Crippen LogP contribution in [0.5, 0.6) is 0 Å². The maximum Gasteiger partial charge on any atom is 0.335 e. The van der Waals surface area contributed by atoms with Crippen LogP contribution < -0.4 is 0 Å². The highest BCUT2D eigenvalue weighted by Gasteiger charge is 2.25. The van der Waals surface area contributed by atoms with Gasteiger partial charge in [-0.15, -0.1) is 0 Å². The summed E-state index contributed by atoms with van der Waals surface area (Å²) in [6.45, 7) is 13.0. The summed E-state index contributed by atoms with van der Waals surface area (Å²) in [5.41, 5.74) is 5.12. The molecule has 0 unspecified atom stereocenters. The van der Waals surface area contributed by atoms with E-state index < -0.39 is 5.97 Å². The van der Waals surface area contributed by atoms with Gasteiger partial charge in [-0.3, -0.25) is 0 Å². The molecule has 0 aromatic heterocycles. The molecule has 0 spiro atoms. The third kappa shape index (κ3) is 4.50. The molecule has 0 aliphatic heterocycles. The molecule has 134 valence electrons.